The molecule has 4 unspecified atom stereocenters. The van der Waals surface area contributed by atoms with Crippen molar-refractivity contribution in [2.75, 3.05) is 6.73 Å². The lowest BCUT2D eigenvalue weighted by Crippen LogP contribution is -2.74. The number of carbonyl (C=O) groups is 3. The van der Waals surface area contributed by atoms with Crippen molar-refractivity contribution in [2.24, 2.45) is 0 Å². The lowest BCUT2D eigenvalue weighted by atomic mass is 9.89. The van der Waals surface area contributed by atoms with Gasteiger partial charge in [0.1, 0.15) is 18.3 Å². The minimum atomic E-state index is -1.70. The summed E-state index contributed by atoms with van der Waals surface area (Å²) in [5.41, 5.74) is 1.63. The number of amides is 3. The summed E-state index contributed by atoms with van der Waals surface area (Å²) in [5, 5.41) is 24.1. The van der Waals surface area contributed by atoms with Gasteiger partial charge in [0.2, 0.25) is 0 Å². The molecule has 0 radical (unpaired) electrons. The number of benzene rings is 3. The molecule has 41 heavy (non-hydrogen) atoms. The molecule has 214 valence electrons. The third kappa shape index (κ3) is 5.16. The molecule has 4 atom stereocenters. The van der Waals surface area contributed by atoms with E-state index in [-0.39, 0.29) is 36.9 Å². The lowest BCUT2D eigenvalue weighted by Gasteiger charge is -2.51. The van der Waals surface area contributed by atoms with Gasteiger partial charge in [-0.15, -0.1) is 0 Å². The van der Waals surface area contributed by atoms with Crippen molar-refractivity contribution in [1.29, 1.82) is 0 Å². The summed E-state index contributed by atoms with van der Waals surface area (Å²) in [6.07, 6.45) is -1.57. The van der Waals surface area contributed by atoms with Gasteiger partial charge in [0, 0.05) is 17.7 Å². The van der Waals surface area contributed by atoms with Crippen molar-refractivity contribution >= 4 is 17.7 Å². The van der Waals surface area contributed by atoms with Crippen LogP contribution in [0.1, 0.15) is 39.5 Å². The molecule has 0 bridgehead atoms. The zero-order valence-electron chi connectivity index (χ0n) is 23.0. The van der Waals surface area contributed by atoms with Crippen LogP contribution in [0.2, 0.25) is 0 Å². The second-order valence-corrected chi connectivity index (χ2v) is 10.7. The van der Waals surface area contributed by atoms with Gasteiger partial charge in [-0.2, -0.15) is 0 Å². The molecule has 3 amide bonds. The van der Waals surface area contributed by atoms with Crippen LogP contribution in [0.5, 0.6) is 5.75 Å². The third-order valence-electron chi connectivity index (χ3n) is 8.07. The number of phenolic OH excluding ortho intramolecular Hbond substituents is 1. The van der Waals surface area contributed by atoms with E-state index < -0.39 is 41.5 Å². The standard InChI is InChI=1S/C31H32FN3O6/c1-18-12-13-22(32)15-21(18)16-35-30(40)27-31(35,3)41-17-34(27)29(39)26(37)24(14-20-8-5-4-6-9-20)33-28(38)23-10-7-11-25(36)19(23)2/h4-13,15,24,26-27,36-37H,14,16-17H2,1-3H3,(H,33,38). The van der Waals surface area contributed by atoms with Crippen LogP contribution >= 0.6 is 0 Å². The molecule has 3 N–H and O–H groups in total. The molecule has 0 spiro atoms. The Bertz CT molecular complexity index is 1500. The Hall–Kier alpha value is -4.28. The number of hydrogen-bond acceptors (Lipinski definition) is 6. The van der Waals surface area contributed by atoms with Crippen molar-refractivity contribution in [1.82, 2.24) is 15.1 Å². The molecule has 2 saturated heterocycles. The molecule has 2 heterocycles. The van der Waals surface area contributed by atoms with Gasteiger partial charge in [-0.1, -0.05) is 42.5 Å². The van der Waals surface area contributed by atoms with Crippen LogP contribution in [0.15, 0.2) is 66.7 Å². The number of nitrogens with zero attached hydrogens (tertiary/aromatic N) is 2. The normalized spacial score (nSPS) is 21.2. The second kappa shape index (κ2) is 10.9. The summed E-state index contributed by atoms with van der Waals surface area (Å²) in [7, 11) is 0. The minimum absolute atomic E-state index is 0.0520. The van der Waals surface area contributed by atoms with Gasteiger partial charge in [-0.05, 0) is 68.1 Å². The van der Waals surface area contributed by atoms with Crippen molar-refractivity contribution in [3.63, 3.8) is 0 Å². The van der Waals surface area contributed by atoms with Gasteiger partial charge in [-0.3, -0.25) is 19.3 Å². The largest absolute Gasteiger partial charge is 0.508 e. The van der Waals surface area contributed by atoms with Gasteiger partial charge in [0.05, 0.1) is 6.04 Å². The number of nitrogens with one attached hydrogen (secondary N) is 1. The van der Waals surface area contributed by atoms with E-state index >= 15 is 0 Å². The van der Waals surface area contributed by atoms with Crippen LogP contribution in [-0.2, 0) is 27.3 Å². The highest BCUT2D eigenvalue weighted by Crippen LogP contribution is 2.43. The molecule has 2 fully saturated rings. The molecule has 5 rings (SSSR count). The van der Waals surface area contributed by atoms with Gasteiger partial charge < -0.3 is 25.2 Å². The number of aryl methyl sites for hydroxylation is 1. The first-order valence-electron chi connectivity index (χ1n) is 13.3. The van der Waals surface area contributed by atoms with Crippen molar-refractivity contribution in [2.45, 2.75) is 57.6 Å². The number of hydrogen-bond donors (Lipinski definition) is 3. The maximum absolute atomic E-state index is 13.9. The van der Waals surface area contributed by atoms with Crippen LogP contribution in [0, 0.1) is 19.7 Å². The number of carbonyl (C=O) groups excluding carboxylic acids is 3. The lowest BCUT2D eigenvalue weighted by molar-refractivity contribution is -0.202. The fraction of sp³-hybridized carbons (Fsp3) is 0.323. The van der Waals surface area contributed by atoms with E-state index in [9.17, 15) is 29.0 Å². The summed E-state index contributed by atoms with van der Waals surface area (Å²) >= 11 is 0. The van der Waals surface area contributed by atoms with E-state index in [2.05, 4.69) is 5.32 Å². The molecular weight excluding hydrogens is 529 g/mol. The van der Waals surface area contributed by atoms with E-state index in [1.54, 1.807) is 26.0 Å². The quantitative estimate of drug-likeness (QED) is 0.364. The molecule has 0 aromatic heterocycles. The summed E-state index contributed by atoms with van der Waals surface area (Å²) in [6, 6.07) is 15.9. The van der Waals surface area contributed by atoms with E-state index in [0.717, 1.165) is 11.1 Å². The van der Waals surface area contributed by atoms with Crippen molar-refractivity contribution < 1.29 is 33.7 Å². The minimum Gasteiger partial charge on any atom is -0.508 e. The molecule has 9 nitrogen and oxygen atoms in total. The highest BCUT2D eigenvalue weighted by Gasteiger charge is 2.66. The molecular formula is C31H32FN3O6. The second-order valence-electron chi connectivity index (χ2n) is 10.7. The number of fused-ring (bicyclic) bond motifs is 1. The number of rotatable bonds is 8. The van der Waals surface area contributed by atoms with Crippen molar-refractivity contribution in [3.05, 3.63) is 100 Å². The average molecular weight is 562 g/mol. The number of aliphatic hydroxyl groups is 1. The Morgan fingerprint density at radius 2 is 1.85 bits per heavy atom. The smallest absolute Gasteiger partial charge is 0.256 e. The predicted molar refractivity (Wildman–Crippen MR) is 147 cm³/mol. The van der Waals surface area contributed by atoms with E-state index in [0.29, 0.717) is 11.1 Å². The number of likely N-dealkylation sites (tertiary alicyclic amines) is 1. The zero-order chi connectivity index (χ0) is 29.5. The van der Waals surface area contributed by atoms with Crippen LogP contribution in [-0.4, -0.2) is 68.4 Å². The summed E-state index contributed by atoms with van der Waals surface area (Å²) in [5.74, 6) is -2.18. The number of aliphatic hydroxyl groups excluding tert-OH is 1. The number of phenols is 1. The molecule has 2 aliphatic heterocycles. The summed E-state index contributed by atoms with van der Waals surface area (Å²) < 4.78 is 19.8. The van der Waals surface area contributed by atoms with Gasteiger partial charge in [-0.25, -0.2) is 4.39 Å². The maximum Gasteiger partial charge on any atom is 0.256 e. The van der Waals surface area contributed by atoms with Gasteiger partial charge >= 0.3 is 0 Å². The maximum atomic E-state index is 13.9. The van der Waals surface area contributed by atoms with E-state index in [1.165, 1.54) is 34.1 Å². The highest BCUT2D eigenvalue weighted by molar-refractivity contribution is 5.98. The van der Waals surface area contributed by atoms with Crippen LogP contribution < -0.4 is 5.32 Å². The summed E-state index contributed by atoms with van der Waals surface area (Å²) in [6.45, 7) is 4.97. The van der Waals surface area contributed by atoms with Crippen LogP contribution in [0.3, 0.4) is 0 Å². The van der Waals surface area contributed by atoms with Gasteiger partial charge in [0.15, 0.2) is 17.9 Å². The monoisotopic (exact) mass is 561 g/mol. The number of β-lactam (4-membered cyclic amide) rings is 1. The molecule has 3 aromatic carbocycles. The van der Waals surface area contributed by atoms with Crippen LogP contribution in [0.25, 0.3) is 0 Å². The Kier molecular flexibility index (Phi) is 7.54. The molecule has 0 aliphatic carbocycles. The Labute approximate surface area is 237 Å². The molecule has 3 aromatic rings. The SMILES string of the molecule is Cc1ccc(F)cc1CN1C(=O)C2N(C(=O)C(O)C(Cc3ccccc3)NC(=O)c3cccc(O)c3C)COC21C. The van der Waals surface area contributed by atoms with Crippen LogP contribution in [0.4, 0.5) is 4.39 Å². The number of aromatic hydroxyl groups is 1. The fourth-order valence-corrected chi connectivity index (χ4v) is 5.50. The fourth-order valence-electron chi connectivity index (χ4n) is 5.50. The first kappa shape index (κ1) is 28.3. The summed E-state index contributed by atoms with van der Waals surface area (Å²) in [4.78, 5) is 42.7. The zero-order valence-corrected chi connectivity index (χ0v) is 23.0. The predicted octanol–water partition coefficient (Wildman–Crippen LogP) is 2.79. The third-order valence-corrected chi connectivity index (χ3v) is 8.07. The highest BCUT2D eigenvalue weighted by atomic mass is 19.1. The van der Waals surface area contributed by atoms with Gasteiger partial charge in [0.25, 0.3) is 17.7 Å². The Morgan fingerprint density at radius 1 is 1.12 bits per heavy atom. The molecule has 10 heteroatoms. The molecule has 2 aliphatic rings. The number of halogens is 1. The average Bonchev–Trinajstić information content (AvgIpc) is 3.27. The molecule has 0 saturated carbocycles. The van der Waals surface area contributed by atoms with Crippen molar-refractivity contribution in [3.8, 4) is 5.75 Å². The first-order chi connectivity index (χ1) is 19.5. The Balaban J connectivity index is 1.35. The van der Waals surface area contributed by atoms with E-state index in [1.807, 2.05) is 37.3 Å². The Morgan fingerprint density at radius 3 is 2.59 bits per heavy atom. The first-order valence-corrected chi connectivity index (χ1v) is 13.3. The topological polar surface area (TPSA) is 119 Å². The number of ether oxygens (including phenoxy) is 1. The van der Waals surface area contributed by atoms with E-state index in [4.69, 9.17) is 4.74 Å².